The van der Waals surface area contributed by atoms with Gasteiger partial charge in [0.1, 0.15) is 9.46 Å². The topological polar surface area (TPSA) is 88.2 Å². The van der Waals surface area contributed by atoms with Crippen LogP contribution in [0.2, 0.25) is 5.02 Å². The number of hydrogen-bond acceptors (Lipinski definition) is 7. The number of rotatable bonds is 9. The number of amides is 1. The van der Waals surface area contributed by atoms with Crippen molar-refractivity contribution < 1.29 is 13.2 Å². The summed E-state index contributed by atoms with van der Waals surface area (Å²) in [7, 11) is -3.63. The van der Waals surface area contributed by atoms with Crippen molar-refractivity contribution in [3.05, 3.63) is 112 Å². The minimum absolute atomic E-state index is 0.208. The van der Waals surface area contributed by atoms with Crippen molar-refractivity contribution in [1.29, 1.82) is 0 Å². The quantitative estimate of drug-likeness (QED) is 0.169. The average molecular weight is 598 g/mol. The van der Waals surface area contributed by atoms with Crippen LogP contribution in [0.15, 0.2) is 111 Å². The van der Waals surface area contributed by atoms with Gasteiger partial charge in [0.05, 0.1) is 5.69 Å². The summed E-state index contributed by atoms with van der Waals surface area (Å²) < 4.78 is 27.9. The molecular weight excluding hydrogens is 578 g/mol. The number of aromatic nitrogens is 1. The number of benzene rings is 3. The van der Waals surface area contributed by atoms with Crippen molar-refractivity contribution in [2.75, 3.05) is 10.0 Å². The molecule has 0 bridgehead atoms. The lowest BCUT2D eigenvalue weighted by Crippen LogP contribution is -2.19. The number of hydrogen-bond donors (Lipinski definition) is 2. The average Bonchev–Trinajstić information content (AvgIpc) is 3.62. The molecule has 0 fully saturated rings. The van der Waals surface area contributed by atoms with Gasteiger partial charge in [0.2, 0.25) is 5.91 Å². The molecule has 3 aromatic carbocycles. The van der Waals surface area contributed by atoms with Crippen molar-refractivity contribution >= 4 is 72.8 Å². The van der Waals surface area contributed by atoms with Crippen LogP contribution in [0, 0.1) is 0 Å². The smallest absolute Gasteiger partial charge is 0.271 e. The zero-order valence-corrected chi connectivity index (χ0v) is 23.6. The standard InChI is InChI=1S/C27H20ClN3O3S4/c28-20-10-8-18(9-11-20)23-17-36-27(29-23)30-26(32)25(19-5-2-1-3-6-19)37-22-14-12-21(13-15-22)31-38(33,34)24-7-4-16-35-24/h1-17,25,31H,(H,29,30,32). The van der Waals surface area contributed by atoms with Gasteiger partial charge in [0.15, 0.2) is 5.13 Å². The molecule has 2 N–H and O–H groups in total. The molecule has 1 unspecified atom stereocenters. The number of nitrogens with zero attached hydrogens (tertiary/aromatic N) is 1. The second kappa shape index (κ2) is 11.7. The number of thioether (sulfide) groups is 1. The van der Waals surface area contributed by atoms with Gasteiger partial charge >= 0.3 is 0 Å². The fourth-order valence-electron chi connectivity index (χ4n) is 3.52. The summed E-state index contributed by atoms with van der Waals surface area (Å²) in [5.74, 6) is -0.208. The Morgan fingerprint density at radius 1 is 0.895 bits per heavy atom. The fraction of sp³-hybridized carbons (Fsp3) is 0.0370. The number of halogens is 1. The Kier molecular flexibility index (Phi) is 8.15. The number of nitrogens with one attached hydrogen (secondary N) is 2. The SMILES string of the molecule is O=C(Nc1nc(-c2ccc(Cl)cc2)cs1)C(Sc1ccc(NS(=O)(=O)c2cccs2)cc1)c1ccccc1. The fourth-order valence-corrected chi connectivity index (χ4v) is 7.44. The molecule has 0 spiro atoms. The molecule has 11 heteroatoms. The molecule has 0 saturated carbocycles. The van der Waals surface area contributed by atoms with Crippen molar-refractivity contribution in [2.24, 2.45) is 0 Å². The van der Waals surface area contributed by atoms with E-state index in [0.29, 0.717) is 15.8 Å². The Hall–Kier alpha value is -3.15. The normalized spacial score (nSPS) is 12.1. The minimum atomic E-state index is -3.63. The monoisotopic (exact) mass is 597 g/mol. The Morgan fingerprint density at radius 3 is 2.32 bits per heavy atom. The predicted molar refractivity (Wildman–Crippen MR) is 158 cm³/mol. The summed E-state index contributed by atoms with van der Waals surface area (Å²) in [6, 6.07) is 27.1. The third-order valence-electron chi connectivity index (χ3n) is 5.34. The second-order valence-electron chi connectivity index (χ2n) is 8.00. The maximum Gasteiger partial charge on any atom is 0.271 e. The van der Waals surface area contributed by atoms with Gasteiger partial charge in [-0.25, -0.2) is 13.4 Å². The number of carbonyl (C=O) groups is 1. The van der Waals surface area contributed by atoms with E-state index in [-0.39, 0.29) is 10.1 Å². The van der Waals surface area contributed by atoms with Gasteiger partial charge in [-0.1, -0.05) is 60.1 Å². The van der Waals surface area contributed by atoms with Gasteiger partial charge < -0.3 is 5.32 Å². The van der Waals surface area contributed by atoms with E-state index in [2.05, 4.69) is 15.0 Å². The molecule has 1 atom stereocenters. The van der Waals surface area contributed by atoms with E-state index in [1.54, 1.807) is 53.9 Å². The van der Waals surface area contributed by atoms with E-state index >= 15 is 0 Å². The molecule has 0 aliphatic rings. The van der Waals surface area contributed by atoms with Crippen LogP contribution in [0.5, 0.6) is 0 Å². The van der Waals surface area contributed by atoms with E-state index in [9.17, 15) is 13.2 Å². The molecule has 5 aromatic rings. The van der Waals surface area contributed by atoms with Gasteiger partial charge in [-0.3, -0.25) is 9.52 Å². The highest BCUT2D eigenvalue weighted by atomic mass is 35.5. The zero-order valence-electron chi connectivity index (χ0n) is 19.6. The first-order chi connectivity index (χ1) is 18.4. The molecular formula is C27H20ClN3O3S4. The van der Waals surface area contributed by atoms with Crippen LogP contribution < -0.4 is 10.0 Å². The minimum Gasteiger partial charge on any atom is -0.301 e. The number of thiophene rings is 1. The summed E-state index contributed by atoms with van der Waals surface area (Å²) in [6.07, 6.45) is 0. The van der Waals surface area contributed by atoms with E-state index in [4.69, 9.17) is 11.6 Å². The molecule has 2 aromatic heterocycles. The number of carbonyl (C=O) groups excluding carboxylic acids is 1. The highest BCUT2D eigenvalue weighted by molar-refractivity contribution is 8.00. The van der Waals surface area contributed by atoms with E-state index < -0.39 is 15.3 Å². The van der Waals surface area contributed by atoms with Crippen molar-refractivity contribution in [2.45, 2.75) is 14.4 Å². The lowest BCUT2D eigenvalue weighted by atomic mass is 10.1. The van der Waals surface area contributed by atoms with Crippen LogP contribution in [-0.4, -0.2) is 19.3 Å². The first-order valence-corrected chi connectivity index (χ1v) is 15.8. The summed E-state index contributed by atoms with van der Waals surface area (Å²) in [5, 5.41) is 7.15. The number of sulfonamides is 1. The van der Waals surface area contributed by atoms with Crippen molar-refractivity contribution in [3.8, 4) is 11.3 Å². The Balaban J connectivity index is 1.31. The molecule has 0 aliphatic carbocycles. The maximum absolute atomic E-state index is 13.4. The van der Waals surface area contributed by atoms with Crippen LogP contribution in [0.1, 0.15) is 10.8 Å². The molecule has 0 saturated heterocycles. The summed E-state index contributed by atoms with van der Waals surface area (Å²) >= 11 is 9.86. The molecule has 5 rings (SSSR count). The van der Waals surface area contributed by atoms with E-state index in [1.165, 1.54) is 23.1 Å². The van der Waals surface area contributed by atoms with E-state index in [1.807, 2.05) is 47.8 Å². The van der Waals surface area contributed by atoms with Crippen LogP contribution >= 0.6 is 46.0 Å². The maximum atomic E-state index is 13.4. The van der Waals surface area contributed by atoms with Gasteiger partial charge in [-0.15, -0.1) is 34.4 Å². The Morgan fingerprint density at radius 2 is 1.63 bits per heavy atom. The third-order valence-corrected chi connectivity index (χ3v) is 10.4. The number of thiazole rings is 1. The highest BCUT2D eigenvalue weighted by Crippen LogP contribution is 2.37. The van der Waals surface area contributed by atoms with Crippen LogP contribution in [-0.2, 0) is 14.8 Å². The molecule has 1 amide bonds. The van der Waals surface area contributed by atoms with Crippen LogP contribution in [0.3, 0.4) is 0 Å². The van der Waals surface area contributed by atoms with Gasteiger partial charge in [-0.05, 0) is 53.4 Å². The second-order valence-corrected chi connectivity index (χ2v) is 13.3. The van der Waals surface area contributed by atoms with E-state index in [0.717, 1.165) is 33.1 Å². The van der Waals surface area contributed by atoms with Crippen molar-refractivity contribution in [3.63, 3.8) is 0 Å². The Labute approximate surface area is 237 Å². The largest absolute Gasteiger partial charge is 0.301 e. The van der Waals surface area contributed by atoms with Crippen LogP contribution in [0.25, 0.3) is 11.3 Å². The van der Waals surface area contributed by atoms with Gasteiger partial charge in [0, 0.05) is 26.5 Å². The highest BCUT2D eigenvalue weighted by Gasteiger charge is 2.23. The molecule has 2 heterocycles. The molecule has 0 aliphatic heterocycles. The predicted octanol–water partition coefficient (Wildman–Crippen LogP) is 7.80. The summed E-state index contributed by atoms with van der Waals surface area (Å²) in [5.41, 5.74) is 2.95. The van der Waals surface area contributed by atoms with Gasteiger partial charge in [0.25, 0.3) is 10.0 Å². The zero-order chi connectivity index (χ0) is 26.5. The van der Waals surface area contributed by atoms with Crippen molar-refractivity contribution in [1.82, 2.24) is 4.98 Å². The lowest BCUT2D eigenvalue weighted by Gasteiger charge is -2.16. The Bertz CT molecular complexity index is 1620. The summed E-state index contributed by atoms with van der Waals surface area (Å²) in [4.78, 5) is 18.8. The third kappa shape index (κ3) is 6.46. The van der Waals surface area contributed by atoms with Crippen LogP contribution in [0.4, 0.5) is 10.8 Å². The molecule has 0 radical (unpaired) electrons. The lowest BCUT2D eigenvalue weighted by molar-refractivity contribution is -0.115. The molecule has 38 heavy (non-hydrogen) atoms. The first kappa shape index (κ1) is 26.5. The first-order valence-electron chi connectivity index (χ1n) is 11.3. The van der Waals surface area contributed by atoms with Gasteiger partial charge in [-0.2, -0.15) is 0 Å². The molecule has 6 nitrogen and oxygen atoms in total. The summed E-state index contributed by atoms with van der Waals surface area (Å²) in [6.45, 7) is 0. The molecule has 192 valence electrons. The number of anilines is 2.